The molecule has 3 rings (SSSR count). The van der Waals surface area contributed by atoms with Crippen LogP contribution < -0.4 is 9.47 Å². The van der Waals surface area contributed by atoms with Crippen LogP contribution in [0.3, 0.4) is 0 Å². The molecule has 0 aliphatic carbocycles. The molecule has 1 fully saturated rings. The highest BCUT2D eigenvalue weighted by molar-refractivity contribution is 6.31. The smallest absolute Gasteiger partial charge is 0.260 e. The minimum atomic E-state index is -0.151. The molecule has 0 saturated carbocycles. The first-order valence-corrected chi connectivity index (χ1v) is 9.46. The van der Waals surface area contributed by atoms with Gasteiger partial charge >= 0.3 is 0 Å². The summed E-state index contributed by atoms with van der Waals surface area (Å²) in [5, 5.41) is 0.478. The molecule has 1 saturated heterocycles. The second kappa shape index (κ2) is 8.97. The number of hydrogen-bond acceptors (Lipinski definition) is 4. The van der Waals surface area contributed by atoms with Crippen LogP contribution in [0.1, 0.15) is 15.9 Å². The van der Waals surface area contributed by atoms with Gasteiger partial charge in [-0.15, -0.1) is 0 Å². The molecule has 6 nitrogen and oxygen atoms in total. The van der Waals surface area contributed by atoms with E-state index in [9.17, 15) is 9.59 Å². The van der Waals surface area contributed by atoms with Crippen LogP contribution in [-0.2, 0) is 4.79 Å². The van der Waals surface area contributed by atoms with Crippen LogP contribution in [-0.4, -0.2) is 61.5 Å². The maximum Gasteiger partial charge on any atom is 0.260 e. The third kappa shape index (κ3) is 4.75. The molecule has 0 unspecified atom stereocenters. The van der Waals surface area contributed by atoms with Gasteiger partial charge in [0, 0.05) is 31.2 Å². The molecule has 0 N–H and O–H groups in total. The van der Waals surface area contributed by atoms with Gasteiger partial charge in [0.1, 0.15) is 11.5 Å². The van der Waals surface area contributed by atoms with E-state index >= 15 is 0 Å². The Hall–Kier alpha value is -2.73. The number of rotatable bonds is 5. The average Bonchev–Trinajstić information content (AvgIpc) is 2.72. The van der Waals surface area contributed by atoms with Crippen molar-refractivity contribution >= 4 is 23.4 Å². The molecule has 0 radical (unpaired) electrons. The molecule has 1 heterocycles. The van der Waals surface area contributed by atoms with Crippen molar-refractivity contribution in [3.8, 4) is 11.5 Å². The minimum Gasteiger partial charge on any atom is -0.496 e. The van der Waals surface area contributed by atoms with E-state index in [1.807, 2.05) is 31.2 Å². The largest absolute Gasteiger partial charge is 0.496 e. The molecule has 1 aliphatic heterocycles. The predicted octanol–water partition coefficient (Wildman–Crippen LogP) is 3.02. The Balaban J connectivity index is 1.53. The summed E-state index contributed by atoms with van der Waals surface area (Å²) in [6.07, 6.45) is 0. The molecular weight excluding hydrogens is 380 g/mol. The zero-order valence-corrected chi connectivity index (χ0v) is 16.7. The number of hydrogen-bond donors (Lipinski definition) is 0. The number of methoxy groups -OCH3 is 1. The maximum atomic E-state index is 12.8. The van der Waals surface area contributed by atoms with Crippen molar-refractivity contribution in [3.63, 3.8) is 0 Å². The Morgan fingerprint density at radius 3 is 2.29 bits per heavy atom. The third-order valence-corrected chi connectivity index (χ3v) is 4.93. The number of amides is 2. The molecule has 7 heteroatoms. The standard InChI is InChI=1S/C21H23ClN2O4/c1-15-3-6-17(7-4-15)28-14-20(25)23-9-11-24(12-10-23)21(26)18-13-16(22)5-8-19(18)27-2/h3-8,13H,9-12,14H2,1-2H3. The molecule has 0 aromatic heterocycles. The zero-order valence-electron chi connectivity index (χ0n) is 16.0. The van der Waals surface area contributed by atoms with E-state index in [2.05, 4.69) is 0 Å². The lowest BCUT2D eigenvalue weighted by Gasteiger charge is -2.35. The Labute approximate surface area is 169 Å². The molecule has 2 aromatic rings. The van der Waals surface area contributed by atoms with Gasteiger partial charge in [-0.05, 0) is 37.3 Å². The molecule has 148 valence electrons. The molecule has 2 amide bonds. The van der Waals surface area contributed by atoms with Crippen molar-refractivity contribution in [3.05, 3.63) is 58.6 Å². The Bertz CT molecular complexity index is 846. The first-order chi connectivity index (χ1) is 13.5. The van der Waals surface area contributed by atoms with Gasteiger partial charge in [-0.2, -0.15) is 0 Å². The van der Waals surface area contributed by atoms with Crippen molar-refractivity contribution in [2.45, 2.75) is 6.92 Å². The Kier molecular flexibility index (Phi) is 6.41. The quantitative estimate of drug-likeness (QED) is 0.771. The van der Waals surface area contributed by atoms with Gasteiger partial charge in [0.25, 0.3) is 11.8 Å². The number of halogens is 1. The number of carbonyl (C=O) groups excluding carboxylic acids is 2. The molecule has 0 spiro atoms. The topological polar surface area (TPSA) is 59.1 Å². The van der Waals surface area contributed by atoms with E-state index in [-0.39, 0.29) is 18.4 Å². The van der Waals surface area contributed by atoms with Crippen LogP contribution in [0.5, 0.6) is 11.5 Å². The summed E-state index contributed by atoms with van der Waals surface area (Å²) in [5.74, 6) is 0.913. The first kappa shape index (κ1) is 20.0. The van der Waals surface area contributed by atoms with E-state index in [0.29, 0.717) is 48.3 Å². The minimum absolute atomic E-state index is 0.0148. The fourth-order valence-corrected chi connectivity index (χ4v) is 3.22. The molecular formula is C21H23ClN2O4. The summed E-state index contributed by atoms with van der Waals surface area (Å²) in [5.41, 5.74) is 1.56. The summed E-state index contributed by atoms with van der Waals surface area (Å²) in [6.45, 7) is 3.80. The average molecular weight is 403 g/mol. The van der Waals surface area contributed by atoms with E-state index < -0.39 is 0 Å². The summed E-state index contributed by atoms with van der Waals surface area (Å²) in [7, 11) is 1.52. The fourth-order valence-electron chi connectivity index (χ4n) is 3.05. The van der Waals surface area contributed by atoms with Crippen LogP contribution in [0.4, 0.5) is 0 Å². The second-order valence-electron chi connectivity index (χ2n) is 6.62. The predicted molar refractivity (Wildman–Crippen MR) is 107 cm³/mol. The van der Waals surface area contributed by atoms with Crippen LogP contribution >= 0.6 is 11.6 Å². The van der Waals surface area contributed by atoms with Crippen molar-refractivity contribution < 1.29 is 19.1 Å². The van der Waals surface area contributed by atoms with Crippen LogP contribution in [0, 0.1) is 6.92 Å². The van der Waals surface area contributed by atoms with Gasteiger partial charge < -0.3 is 19.3 Å². The number of ether oxygens (including phenoxy) is 2. The number of carbonyl (C=O) groups is 2. The third-order valence-electron chi connectivity index (χ3n) is 4.69. The van der Waals surface area contributed by atoms with Crippen molar-refractivity contribution in [2.24, 2.45) is 0 Å². The van der Waals surface area contributed by atoms with Gasteiger partial charge in [0.2, 0.25) is 0 Å². The molecule has 1 aliphatic rings. The number of nitrogens with zero attached hydrogens (tertiary/aromatic N) is 2. The molecule has 28 heavy (non-hydrogen) atoms. The summed E-state index contributed by atoms with van der Waals surface area (Å²) in [6, 6.07) is 12.5. The zero-order chi connectivity index (χ0) is 20.1. The highest BCUT2D eigenvalue weighted by atomic mass is 35.5. The highest BCUT2D eigenvalue weighted by Gasteiger charge is 2.26. The monoisotopic (exact) mass is 402 g/mol. The van der Waals surface area contributed by atoms with Crippen molar-refractivity contribution in [2.75, 3.05) is 39.9 Å². The van der Waals surface area contributed by atoms with Crippen molar-refractivity contribution in [1.82, 2.24) is 9.80 Å². The van der Waals surface area contributed by atoms with E-state index in [0.717, 1.165) is 5.56 Å². The van der Waals surface area contributed by atoms with Gasteiger partial charge in [-0.1, -0.05) is 29.3 Å². The van der Waals surface area contributed by atoms with Gasteiger partial charge in [0.05, 0.1) is 12.7 Å². The summed E-state index contributed by atoms with van der Waals surface area (Å²) in [4.78, 5) is 28.6. The molecule has 2 aromatic carbocycles. The van der Waals surface area contributed by atoms with E-state index in [1.54, 1.807) is 28.0 Å². The van der Waals surface area contributed by atoms with Crippen LogP contribution in [0.25, 0.3) is 0 Å². The lowest BCUT2D eigenvalue weighted by molar-refractivity contribution is -0.134. The normalized spacial score (nSPS) is 14.0. The lowest BCUT2D eigenvalue weighted by atomic mass is 10.1. The van der Waals surface area contributed by atoms with Crippen LogP contribution in [0.15, 0.2) is 42.5 Å². The summed E-state index contributed by atoms with van der Waals surface area (Å²) < 4.78 is 10.8. The highest BCUT2D eigenvalue weighted by Crippen LogP contribution is 2.24. The van der Waals surface area contributed by atoms with E-state index in [4.69, 9.17) is 21.1 Å². The number of piperazine rings is 1. The molecule has 0 atom stereocenters. The van der Waals surface area contributed by atoms with E-state index in [1.165, 1.54) is 7.11 Å². The maximum absolute atomic E-state index is 12.8. The fraction of sp³-hybridized carbons (Fsp3) is 0.333. The lowest BCUT2D eigenvalue weighted by Crippen LogP contribution is -2.51. The Morgan fingerprint density at radius 1 is 1.00 bits per heavy atom. The Morgan fingerprint density at radius 2 is 1.64 bits per heavy atom. The first-order valence-electron chi connectivity index (χ1n) is 9.08. The van der Waals surface area contributed by atoms with Gasteiger partial charge in [-0.25, -0.2) is 0 Å². The SMILES string of the molecule is COc1ccc(Cl)cc1C(=O)N1CCN(C(=O)COc2ccc(C)cc2)CC1. The molecule has 0 bridgehead atoms. The summed E-state index contributed by atoms with van der Waals surface area (Å²) >= 11 is 6.02. The van der Waals surface area contributed by atoms with Gasteiger partial charge in [-0.3, -0.25) is 9.59 Å². The van der Waals surface area contributed by atoms with Crippen LogP contribution in [0.2, 0.25) is 5.02 Å². The number of aryl methyl sites for hydroxylation is 1. The second-order valence-corrected chi connectivity index (χ2v) is 7.06. The number of benzene rings is 2. The van der Waals surface area contributed by atoms with Gasteiger partial charge in [0.15, 0.2) is 6.61 Å². The van der Waals surface area contributed by atoms with Crippen molar-refractivity contribution in [1.29, 1.82) is 0 Å².